The number of aliphatic hydroxyl groups is 1. The number of aldehydes is 1. The van der Waals surface area contributed by atoms with Crippen LogP contribution in [0.4, 0.5) is 0 Å². The molecule has 0 amide bonds. The lowest BCUT2D eigenvalue weighted by atomic mass is 10.0. The molecule has 1 aliphatic rings. The van der Waals surface area contributed by atoms with Crippen LogP contribution in [-0.2, 0) is 26.1 Å². The van der Waals surface area contributed by atoms with Gasteiger partial charge in [-0.15, -0.1) is 0 Å². The Kier molecular flexibility index (Phi) is 5.02. The lowest BCUT2D eigenvalue weighted by molar-refractivity contribution is 0.111. The van der Waals surface area contributed by atoms with Crippen molar-refractivity contribution in [2.75, 3.05) is 13.2 Å². The number of benzene rings is 1. The Morgan fingerprint density at radius 2 is 2.13 bits per heavy atom. The van der Waals surface area contributed by atoms with Gasteiger partial charge >= 0.3 is 0 Å². The zero-order valence-electron chi connectivity index (χ0n) is 12.5. The van der Waals surface area contributed by atoms with E-state index in [1.807, 2.05) is 12.1 Å². The van der Waals surface area contributed by atoms with Crippen molar-refractivity contribution in [3.63, 3.8) is 0 Å². The molecule has 0 unspecified atom stereocenters. The van der Waals surface area contributed by atoms with Crippen LogP contribution in [0.5, 0.6) is 0 Å². The molecule has 2 heterocycles. The van der Waals surface area contributed by atoms with Gasteiger partial charge in [0.2, 0.25) is 0 Å². The Morgan fingerprint density at radius 3 is 2.83 bits per heavy atom. The third-order valence-electron chi connectivity index (χ3n) is 4.06. The summed E-state index contributed by atoms with van der Waals surface area (Å²) >= 11 is 12.0. The van der Waals surface area contributed by atoms with Crippen LogP contribution in [-0.4, -0.2) is 39.2 Å². The highest BCUT2D eigenvalue weighted by Crippen LogP contribution is 2.26. The lowest BCUT2D eigenvalue weighted by Gasteiger charge is -2.27. The Bertz CT molecular complexity index is 730. The predicted molar refractivity (Wildman–Crippen MR) is 89.0 cm³/mol. The van der Waals surface area contributed by atoms with E-state index < -0.39 is 0 Å². The third-order valence-corrected chi connectivity index (χ3v) is 4.80. The first kappa shape index (κ1) is 16.5. The van der Waals surface area contributed by atoms with Crippen LogP contribution in [0.1, 0.15) is 27.3 Å². The maximum absolute atomic E-state index is 11.3. The van der Waals surface area contributed by atoms with Crippen LogP contribution >= 0.6 is 23.2 Å². The number of rotatable bonds is 5. The van der Waals surface area contributed by atoms with E-state index in [0.717, 1.165) is 42.6 Å². The Labute approximate surface area is 144 Å². The quantitative estimate of drug-likeness (QED) is 0.839. The van der Waals surface area contributed by atoms with E-state index >= 15 is 0 Å². The van der Waals surface area contributed by atoms with Crippen LogP contribution in [0.15, 0.2) is 18.2 Å². The summed E-state index contributed by atoms with van der Waals surface area (Å²) in [4.78, 5) is 13.5. The summed E-state index contributed by atoms with van der Waals surface area (Å²) in [7, 11) is 0. The molecule has 3 rings (SSSR count). The second-order valence-corrected chi connectivity index (χ2v) is 6.40. The van der Waals surface area contributed by atoms with E-state index in [-0.39, 0.29) is 6.61 Å². The number of fused-ring (bicyclic) bond motifs is 1. The second-order valence-electron chi connectivity index (χ2n) is 5.58. The molecule has 0 atom stereocenters. The molecule has 1 aliphatic heterocycles. The molecule has 5 nitrogen and oxygen atoms in total. The number of hydrogen-bond donors (Lipinski definition) is 1. The van der Waals surface area contributed by atoms with Crippen LogP contribution in [0, 0.1) is 0 Å². The molecule has 0 radical (unpaired) electrons. The van der Waals surface area contributed by atoms with Gasteiger partial charge in [-0.3, -0.25) is 14.4 Å². The van der Waals surface area contributed by atoms with E-state index in [4.69, 9.17) is 28.3 Å². The van der Waals surface area contributed by atoms with Crippen LogP contribution in [0.25, 0.3) is 0 Å². The van der Waals surface area contributed by atoms with Gasteiger partial charge in [0.1, 0.15) is 5.69 Å². The van der Waals surface area contributed by atoms with Crippen molar-refractivity contribution in [1.82, 2.24) is 14.7 Å². The van der Waals surface area contributed by atoms with Gasteiger partial charge in [-0.1, -0.05) is 29.3 Å². The molecule has 23 heavy (non-hydrogen) atoms. The molecular formula is C16H17Cl2N3O2. The Hall–Kier alpha value is -1.40. The Morgan fingerprint density at radius 1 is 1.30 bits per heavy atom. The average molecular weight is 354 g/mol. The average Bonchev–Trinajstić information content (AvgIpc) is 2.89. The molecule has 0 spiro atoms. The summed E-state index contributed by atoms with van der Waals surface area (Å²) in [5, 5.41) is 14.5. The number of hydrogen-bond acceptors (Lipinski definition) is 4. The summed E-state index contributed by atoms with van der Waals surface area (Å²) < 4.78 is 1.75. The van der Waals surface area contributed by atoms with Gasteiger partial charge in [0.15, 0.2) is 6.29 Å². The summed E-state index contributed by atoms with van der Waals surface area (Å²) in [5.74, 6) is 0. The minimum absolute atomic E-state index is 0.0133. The largest absolute Gasteiger partial charge is 0.394 e. The number of carbonyl (C=O) groups is 1. The molecule has 1 N–H and O–H groups in total. The number of halogens is 2. The molecule has 7 heteroatoms. The first-order valence-electron chi connectivity index (χ1n) is 7.43. The highest BCUT2D eigenvalue weighted by molar-refractivity contribution is 6.42. The molecule has 0 saturated heterocycles. The van der Waals surface area contributed by atoms with Crippen molar-refractivity contribution < 1.29 is 9.90 Å². The molecule has 0 fully saturated rings. The van der Waals surface area contributed by atoms with Gasteiger partial charge < -0.3 is 5.11 Å². The van der Waals surface area contributed by atoms with Crippen molar-refractivity contribution >= 4 is 29.5 Å². The van der Waals surface area contributed by atoms with Crippen molar-refractivity contribution in [3.8, 4) is 0 Å². The summed E-state index contributed by atoms with van der Waals surface area (Å²) in [6.07, 6.45) is 1.59. The fourth-order valence-corrected chi connectivity index (χ4v) is 3.30. The smallest absolute Gasteiger partial charge is 0.170 e. The van der Waals surface area contributed by atoms with Gasteiger partial charge in [-0.05, 0) is 17.7 Å². The molecule has 1 aromatic carbocycles. The normalized spacial score (nSPS) is 14.7. The van der Waals surface area contributed by atoms with E-state index in [1.54, 1.807) is 10.7 Å². The fourth-order valence-electron chi connectivity index (χ4n) is 2.98. The fraction of sp³-hybridized carbons (Fsp3) is 0.375. The van der Waals surface area contributed by atoms with Gasteiger partial charge in [-0.25, -0.2) is 0 Å². The van der Waals surface area contributed by atoms with Crippen LogP contribution in [0.2, 0.25) is 10.0 Å². The van der Waals surface area contributed by atoms with Gasteiger partial charge in [-0.2, -0.15) is 5.10 Å². The number of aliphatic hydroxyl groups excluding tert-OH is 1. The first-order chi connectivity index (χ1) is 11.1. The minimum atomic E-state index is 0.0133. The zero-order valence-corrected chi connectivity index (χ0v) is 14.0. The second kappa shape index (κ2) is 7.01. The monoisotopic (exact) mass is 353 g/mol. The third kappa shape index (κ3) is 3.43. The van der Waals surface area contributed by atoms with E-state index in [0.29, 0.717) is 28.8 Å². The molecular weight excluding hydrogens is 337 g/mol. The molecule has 2 aromatic rings. The first-order valence-corrected chi connectivity index (χ1v) is 8.19. The summed E-state index contributed by atoms with van der Waals surface area (Å²) in [5.41, 5.74) is 3.55. The maximum Gasteiger partial charge on any atom is 0.170 e. The van der Waals surface area contributed by atoms with Crippen LogP contribution < -0.4 is 0 Å². The summed E-state index contributed by atoms with van der Waals surface area (Å²) in [6.45, 7) is 2.69. The SMILES string of the molecule is O=Cc1nn(CCO)c2c1CN(Cc1ccc(Cl)c(Cl)c1)CC2. The number of carbonyl (C=O) groups excluding carboxylic acids is 1. The van der Waals surface area contributed by atoms with Crippen LogP contribution in [0.3, 0.4) is 0 Å². The molecule has 0 saturated carbocycles. The summed E-state index contributed by atoms with van der Waals surface area (Å²) in [6, 6.07) is 5.62. The van der Waals surface area contributed by atoms with Gasteiger partial charge in [0.05, 0.1) is 23.2 Å². The topological polar surface area (TPSA) is 58.4 Å². The predicted octanol–water partition coefficient (Wildman–Crippen LogP) is 2.55. The minimum Gasteiger partial charge on any atom is -0.394 e. The number of aromatic nitrogens is 2. The zero-order chi connectivity index (χ0) is 16.4. The highest BCUT2D eigenvalue weighted by Gasteiger charge is 2.24. The lowest BCUT2D eigenvalue weighted by Crippen LogP contribution is -2.31. The molecule has 0 aliphatic carbocycles. The highest BCUT2D eigenvalue weighted by atomic mass is 35.5. The number of nitrogens with zero attached hydrogens (tertiary/aromatic N) is 3. The van der Waals surface area contributed by atoms with Crippen molar-refractivity contribution in [2.24, 2.45) is 0 Å². The van der Waals surface area contributed by atoms with Crippen molar-refractivity contribution in [1.29, 1.82) is 0 Å². The molecule has 0 bridgehead atoms. The van der Waals surface area contributed by atoms with Crippen molar-refractivity contribution in [3.05, 3.63) is 50.8 Å². The van der Waals surface area contributed by atoms with E-state index in [9.17, 15) is 4.79 Å². The van der Waals surface area contributed by atoms with E-state index in [1.165, 1.54) is 0 Å². The van der Waals surface area contributed by atoms with Gasteiger partial charge in [0, 0.05) is 37.3 Å². The van der Waals surface area contributed by atoms with E-state index in [2.05, 4.69) is 10.00 Å². The Balaban J connectivity index is 1.79. The van der Waals surface area contributed by atoms with Crippen molar-refractivity contribution in [2.45, 2.75) is 26.1 Å². The standard InChI is InChI=1S/C16H17Cl2N3O2/c17-13-2-1-11(7-14(13)18)8-20-4-3-16-12(9-20)15(10-23)19-21(16)5-6-22/h1-2,7,10,22H,3-6,8-9H2. The molecule has 1 aromatic heterocycles. The van der Waals surface area contributed by atoms with Gasteiger partial charge in [0.25, 0.3) is 0 Å². The maximum atomic E-state index is 11.3. The molecule has 122 valence electrons.